The summed E-state index contributed by atoms with van der Waals surface area (Å²) < 4.78 is 5.45. The van der Waals surface area contributed by atoms with Gasteiger partial charge in [-0.1, -0.05) is 42.5 Å². The van der Waals surface area contributed by atoms with Gasteiger partial charge in [0.25, 0.3) is 0 Å². The van der Waals surface area contributed by atoms with Crippen LogP contribution in [0.15, 0.2) is 71.3 Å². The van der Waals surface area contributed by atoms with E-state index >= 15 is 0 Å². The maximum Gasteiger partial charge on any atom is 0.245 e. The van der Waals surface area contributed by atoms with Crippen LogP contribution in [0.25, 0.3) is 0 Å². The van der Waals surface area contributed by atoms with E-state index < -0.39 is 22.9 Å². The van der Waals surface area contributed by atoms with Crippen LogP contribution in [0.2, 0.25) is 0 Å². The summed E-state index contributed by atoms with van der Waals surface area (Å²) in [7, 11) is 0. The van der Waals surface area contributed by atoms with E-state index in [4.69, 9.17) is 10.5 Å². The van der Waals surface area contributed by atoms with Crippen LogP contribution in [0.5, 0.6) is 0 Å². The molecule has 28 heavy (non-hydrogen) atoms. The number of anilines is 1. The van der Waals surface area contributed by atoms with E-state index in [1.54, 1.807) is 36.4 Å². The highest BCUT2D eigenvalue weighted by Crippen LogP contribution is 2.53. The van der Waals surface area contributed by atoms with Gasteiger partial charge in [-0.25, -0.2) is 0 Å². The molecule has 134 valence electrons. The monoisotopic (exact) mass is 369 g/mol. The van der Waals surface area contributed by atoms with Gasteiger partial charge in [0.15, 0.2) is 11.5 Å². The molecule has 7 nitrogen and oxygen atoms in total. The number of nitriles is 1. The predicted molar refractivity (Wildman–Crippen MR) is 96.8 cm³/mol. The number of amides is 1. The van der Waals surface area contributed by atoms with Crippen LogP contribution in [0.4, 0.5) is 5.69 Å². The van der Waals surface area contributed by atoms with Crippen LogP contribution >= 0.6 is 0 Å². The van der Waals surface area contributed by atoms with E-state index in [2.05, 4.69) is 5.32 Å². The fourth-order valence-corrected chi connectivity index (χ4v) is 4.15. The van der Waals surface area contributed by atoms with E-state index in [0.717, 1.165) is 0 Å². The third kappa shape index (κ3) is 1.65. The molecule has 0 saturated heterocycles. The number of hydrogen-bond donors (Lipinski definition) is 2. The highest BCUT2D eigenvalue weighted by atomic mass is 16.5. The standard InChI is InChI=1S/C21H11N3O4/c22-9-13-19(23)28-18-15(16(25)10-5-1-2-6-11(10)17(18)26)21(13)12-7-3-4-8-14(12)24-20(21)27/h1-8H,23H2,(H,24,27). The highest BCUT2D eigenvalue weighted by Gasteiger charge is 2.61. The number of carbonyl (C=O) groups excluding carboxylic acids is 3. The van der Waals surface area contributed by atoms with Crippen LogP contribution in [0, 0.1) is 11.3 Å². The number of nitrogens with zero attached hydrogens (tertiary/aromatic N) is 1. The lowest BCUT2D eigenvalue weighted by Gasteiger charge is -2.36. The van der Waals surface area contributed by atoms with Crippen molar-refractivity contribution in [1.82, 2.24) is 0 Å². The average molecular weight is 369 g/mol. The lowest BCUT2D eigenvalue weighted by Crippen LogP contribution is -2.47. The van der Waals surface area contributed by atoms with Crippen molar-refractivity contribution in [3.8, 4) is 6.07 Å². The molecule has 2 aliphatic heterocycles. The van der Waals surface area contributed by atoms with Crippen LogP contribution in [-0.4, -0.2) is 17.5 Å². The van der Waals surface area contributed by atoms with Gasteiger partial charge in [-0.2, -0.15) is 5.26 Å². The zero-order valence-corrected chi connectivity index (χ0v) is 14.3. The molecule has 2 aromatic rings. The Morgan fingerprint density at radius 3 is 2.32 bits per heavy atom. The molecule has 3 N–H and O–H groups in total. The van der Waals surface area contributed by atoms with Crippen LogP contribution in [-0.2, 0) is 14.9 Å². The Morgan fingerprint density at radius 2 is 1.61 bits per heavy atom. The Kier molecular flexibility index (Phi) is 2.96. The first-order chi connectivity index (χ1) is 13.5. The normalized spacial score (nSPS) is 22.3. The van der Waals surface area contributed by atoms with Crippen molar-refractivity contribution >= 4 is 23.2 Å². The quantitative estimate of drug-likeness (QED) is 0.732. The number of rotatable bonds is 0. The second-order valence-corrected chi connectivity index (χ2v) is 6.61. The van der Waals surface area contributed by atoms with Crippen LogP contribution in [0.3, 0.4) is 0 Å². The lowest BCUT2D eigenvalue weighted by atomic mass is 9.64. The van der Waals surface area contributed by atoms with Gasteiger partial charge < -0.3 is 15.8 Å². The molecule has 1 amide bonds. The third-order valence-corrected chi connectivity index (χ3v) is 5.32. The number of ketones is 2. The summed E-state index contributed by atoms with van der Waals surface area (Å²) in [6, 6.07) is 14.9. The number of allylic oxidation sites excluding steroid dienone is 1. The molecule has 7 heteroatoms. The Balaban J connectivity index is 1.92. The maximum atomic E-state index is 13.4. The van der Waals surface area contributed by atoms with Gasteiger partial charge >= 0.3 is 0 Å². The SMILES string of the molecule is N#CC1=C(N)OC2=C(C(=O)c3ccccc3C2=O)C12C(=O)Nc1ccccc12. The minimum absolute atomic E-state index is 0.157. The molecule has 0 bridgehead atoms. The lowest BCUT2D eigenvalue weighted by molar-refractivity contribution is -0.118. The van der Waals surface area contributed by atoms with Gasteiger partial charge in [0.05, 0.1) is 5.57 Å². The molecule has 0 aromatic heterocycles. The summed E-state index contributed by atoms with van der Waals surface area (Å²) in [5.41, 5.74) is 4.89. The molecule has 5 rings (SSSR count). The Morgan fingerprint density at radius 1 is 0.964 bits per heavy atom. The number of fused-ring (bicyclic) bond motifs is 4. The van der Waals surface area contributed by atoms with E-state index in [1.165, 1.54) is 12.1 Å². The van der Waals surface area contributed by atoms with Gasteiger partial charge in [0.2, 0.25) is 17.6 Å². The first-order valence-corrected chi connectivity index (χ1v) is 8.44. The third-order valence-electron chi connectivity index (χ3n) is 5.32. The molecule has 0 fully saturated rings. The van der Waals surface area contributed by atoms with Crippen molar-refractivity contribution in [3.63, 3.8) is 0 Å². The van der Waals surface area contributed by atoms with Gasteiger partial charge in [-0.05, 0) is 6.07 Å². The average Bonchev–Trinajstić information content (AvgIpc) is 2.99. The number of carbonyl (C=O) groups is 3. The number of Topliss-reactive ketones (excluding diaryl/α,β-unsaturated/α-hetero) is 2. The van der Waals surface area contributed by atoms with Crippen molar-refractivity contribution < 1.29 is 19.1 Å². The molecule has 2 heterocycles. The van der Waals surface area contributed by atoms with Crippen LogP contribution < -0.4 is 11.1 Å². The van der Waals surface area contributed by atoms with E-state index in [0.29, 0.717) is 11.3 Å². The smallest absolute Gasteiger partial charge is 0.245 e. The number of para-hydroxylation sites is 1. The highest BCUT2D eigenvalue weighted by molar-refractivity contribution is 6.31. The first kappa shape index (κ1) is 16.0. The van der Waals surface area contributed by atoms with E-state index in [1.807, 2.05) is 6.07 Å². The van der Waals surface area contributed by atoms with Crippen molar-refractivity contribution in [2.45, 2.75) is 5.41 Å². The predicted octanol–water partition coefficient (Wildman–Crippen LogP) is 1.93. The van der Waals surface area contributed by atoms with Crippen molar-refractivity contribution in [2.24, 2.45) is 5.73 Å². The summed E-state index contributed by atoms with van der Waals surface area (Å²) in [5, 5.41) is 12.5. The first-order valence-electron chi connectivity index (χ1n) is 8.44. The zero-order chi connectivity index (χ0) is 19.6. The minimum atomic E-state index is -1.83. The summed E-state index contributed by atoms with van der Waals surface area (Å²) in [4.78, 5) is 39.7. The van der Waals surface area contributed by atoms with Gasteiger partial charge in [0.1, 0.15) is 17.1 Å². The second kappa shape index (κ2) is 5.18. The minimum Gasteiger partial charge on any atom is -0.436 e. The number of benzene rings is 2. The topological polar surface area (TPSA) is 122 Å². The molecule has 3 aliphatic rings. The van der Waals surface area contributed by atoms with Crippen LogP contribution in [0.1, 0.15) is 26.3 Å². The maximum absolute atomic E-state index is 13.4. The number of nitrogens with one attached hydrogen (secondary N) is 1. The largest absolute Gasteiger partial charge is 0.436 e. The molecule has 0 saturated carbocycles. The number of ether oxygens (including phenoxy) is 1. The molecule has 1 unspecified atom stereocenters. The Bertz CT molecular complexity index is 1250. The summed E-state index contributed by atoms with van der Waals surface area (Å²) >= 11 is 0. The molecule has 2 aromatic carbocycles. The molecular formula is C21H11N3O4. The molecule has 1 spiro atoms. The molecule has 1 atom stereocenters. The summed E-state index contributed by atoms with van der Waals surface area (Å²) in [6.45, 7) is 0. The fraction of sp³-hybridized carbons (Fsp3) is 0.0476. The van der Waals surface area contributed by atoms with Crippen molar-refractivity contribution in [1.29, 1.82) is 5.26 Å². The summed E-state index contributed by atoms with van der Waals surface area (Å²) in [6.07, 6.45) is 0. The van der Waals surface area contributed by atoms with Gasteiger partial charge in [-0.3, -0.25) is 14.4 Å². The molecular weight excluding hydrogens is 358 g/mol. The van der Waals surface area contributed by atoms with E-state index in [-0.39, 0.29) is 33.9 Å². The molecule has 0 radical (unpaired) electrons. The fourth-order valence-electron chi connectivity index (χ4n) is 4.15. The molecule has 1 aliphatic carbocycles. The zero-order valence-electron chi connectivity index (χ0n) is 14.3. The Labute approximate surface area is 158 Å². The van der Waals surface area contributed by atoms with Gasteiger partial charge in [0, 0.05) is 22.4 Å². The van der Waals surface area contributed by atoms with E-state index in [9.17, 15) is 19.6 Å². The number of hydrogen-bond acceptors (Lipinski definition) is 6. The van der Waals surface area contributed by atoms with Crippen molar-refractivity contribution in [2.75, 3.05) is 5.32 Å². The summed E-state index contributed by atoms with van der Waals surface area (Å²) in [5.74, 6) is -2.40. The Hall–Kier alpha value is -4.18. The van der Waals surface area contributed by atoms with Gasteiger partial charge in [-0.15, -0.1) is 0 Å². The number of nitrogens with two attached hydrogens (primary N) is 1. The second-order valence-electron chi connectivity index (χ2n) is 6.61. The van der Waals surface area contributed by atoms with Crippen molar-refractivity contribution in [3.05, 3.63) is 88.0 Å².